The van der Waals surface area contributed by atoms with E-state index in [2.05, 4.69) is 47.1 Å². The molecule has 2 aromatic rings. The zero-order valence-electron chi connectivity index (χ0n) is 9.75. The maximum atomic E-state index is 13.1. The summed E-state index contributed by atoms with van der Waals surface area (Å²) in [6.07, 6.45) is 1.47. The van der Waals surface area contributed by atoms with Gasteiger partial charge >= 0.3 is 0 Å². The molecule has 1 amide bonds. The Balaban J connectivity index is 2.23. The van der Waals surface area contributed by atoms with Crippen molar-refractivity contribution in [3.63, 3.8) is 0 Å². The summed E-state index contributed by atoms with van der Waals surface area (Å²) in [7, 11) is 0. The third kappa shape index (κ3) is 3.36. The van der Waals surface area contributed by atoms with E-state index in [0.29, 0.717) is 26.2 Å². The lowest BCUT2D eigenvalue weighted by Gasteiger charge is -2.07. The molecule has 0 atom stereocenters. The van der Waals surface area contributed by atoms with Crippen LogP contribution in [-0.2, 0) is 0 Å². The Morgan fingerprint density at radius 2 is 2.11 bits per heavy atom. The number of amides is 1. The summed E-state index contributed by atoms with van der Waals surface area (Å²) >= 11 is 6.36. The Labute approximate surface area is 125 Å². The van der Waals surface area contributed by atoms with Crippen LogP contribution in [0.2, 0.25) is 0 Å². The van der Waals surface area contributed by atoms with Crippen LogP contribution in [0.4, 0.5) is 10.2 Å². The van der Waals surface area contributed by atoms with E-state index in [1.54, 1.807) is 6.92 Å². The first-order valence-corrected chi connectivity index (χ1v) is 6.81. The molecule has 1 aromatic heterocycles. The Kier molecular flexibility index (Phi) is 4.26. The lowest BCUT2D eigenvalue weighted by atomic mass is 10.1. The molecule has 98 valence electrons. The normalized spacial score (nSPS) is 10.3. The molecule has 0 spiro atoms. The second-order valence-electron chi connectivity index (χ2n) is 3.75. The molecule has 0 fully saturated rings. The number of rotatable bonds is 2. The maximum Gasteiger partial charge on any atom is 0.256 e. The van der Waals surface area contributed by atoms with Crippen molar-refractivity contribution < 1.29 is 9.18 Å². The summed E-state index contributed by atoms with van der Waals surface area (Å²) in [5, 5.41) is 2.60. The van der Waals surface area contributed by atoms with Gasteiger partial charge in [-0.2, -0.15) is 0 Å². The molecule has 0 saturated heterocycles. The molecular weight excluding hydrogens is 381 g/mol. The van der Waals surface area contributed by atoms with Crippen LogP contribution in [0.1, 0.15) is 15.9 Å². The summed E-state index contributed by atoms with van der Waals surface area (Å²) < 4.78 is 14.1. The van der Waals surface area contributed by atoms with Gasteiger partial charge in [-0.05, 0) is 62.5 Å². The molecule has 7 heteroatoms. The smallest absolute Gasteiger partial charge is 0.256 e. The van der Waals surface area contributed by atoms with Crippen molar-refractivity contribution >= 4 is 43.6 Å². The van der Waals surface area contributed by atoms with Crippen LogP contribution in [0, 0.1) is 12.7 Å². The highest BCUT2D eigenvalue weighted by molar-refractivity contribution is 9.11. The van der Waals surface area contributed by atoms with Gasteiger partial charge in [0, 0.05) is 5.56 Å². The second-order valence-corrected chi connectivity index (χ2v) is 5.31. The fourth-order valence-electron chi connectivity index (χ4n) is 1.40. The topological polar surface area (TPSA) is 54.9 Å². The number of hydrogen-bond donors (Lipinski definition) is 1. The number of aromatic nitrogens is 2. The highest BCUT2D eigenvalue weighted by Gasteiger charge is 2.11. The van der Waals surface area contributed by atoms with Crippen molar-refractivity contribution in [2.75, 3.05) is 5.32 Å². The number of halogens is 3. The van der Waals surface area contributed by atoms with Crippen molar-refractivity contribution in [1.82, 2.24) is 9.97 Å². The standard InChI is InChI=1S/C12H8Br2FN3O/c1-6-4-7(2-3-8(6)15)12(19)18-11-10(14)17-9(13)5-16-11/h2-5H,1H3,(H,16,18,19). The molecule has 1 heterocycles. The Morgan fingerprint density at radius 1 is 1.37 bits per heavy atom. The fraction of sp³-hybridized carbons (Fsp3) is 0.0833. The van der Waals surface area contributed by atoms with Gasteiger partial charge in [0.1, 0.15) is 15.0 Å². The highest BCUT2D eigenvalue weighted by atomic mass is 79.9. The summed E-state index contributed by atoms with van der Waals surface area (Å²) in [4.78, 5) is 20.0. The van der Waals surface area contributed by atoms with Gasteiger partial charge < -0.3 is 5.32 Å². The SMILES string of the molecule is Cc1cc(C(=O)Nc2ncc(Br)nc2Br)ccc1F. The quantitative estimate of drug-likeness (QED) is 0.853. The van der Waals surface area contributed by atoms with Crippen LogP contribution < -0.4 is 5.32 Å². The molecule has 0 saturated carbocycles. The largest absolute Gasteiger partial charge is 0.304 e. The van der Waals surface area contributed by atoms with Gasteiger partial charge in [-0.15, -0.1) is 0 Å². The number of anilines is 1. The fourth-order valence-corrected chi connectivity index (χ4v) is 2.31. The van der Waals surface area contributed by atoms with Gasteiger partial charge in [-0.25, -0.2) is 14.4 Å². The number of benzene rings is 1. The van der Waals surface area contributed by atoms with E-state index >= 15 is 0 Å². The van der Waals surface area contributed by atoms with Gasteiger partial charge in [-0.1, -0.05) is 0 Å². The molecule has 0 aliphatic carbocycles. The summed E-state index contributed by atoms with van der Waals surface area (Å²) in [5.74, 6) is -0.420. The first-order chi connectivity index (χ1) is 8.97. The monoisotopic (exact) mass is 387 g/mol. The van der Waals surface area contributed by atoms with Crippen LogP contribution in [-0.4, -0.2) is 15.9 Å². The molecular formula is C12H8Br2FN3O. The van der Waals surface area contributed by atoms with Crippen molar-refractivity contribution in [2.24, 2.45) is 0 Å². The van der Waals surface area contributed by atoms with Crippen LogP contribution in [0.15, 0.2) is 33.6 Å². The number of nitrogens with zero attached hydrogens (tertiary/aromatic N) is 2. The van der Waals surface area contributed by atoms with E-state index in [1.165, 1.54) is 24.4 Å². The molecule has 0 aliphatic rings. The van der Waals surface area contributed by atoms with E-state index < -0.39 is 0 Å². The number of carbonyl (C=O) groups excluding carboxylic acids is 1. The third-order valence-corrected chi connectivity index (χ3v) is 3.29. The van der Waals surface area contributed by atoms with Crippen molar-refractivity contribution in [3.8, 4) is 0 Å². The van der Waals surface area contributed by atoms with E-state index in [-0.39, 0.29) is 11.7 Å². The number of aryl methyl sites for hydroxylation is 1. The minimum Gasteiger partial charge on any atom is -0.304 e. The number of carbonyl (C=O) groups is 1. The molecule has 1 aromatic carbocycles. The summed E-state index contributed by atoms with van der Waals surface area (Å²) in [6, 6.07) is 4.15. The van der Waals surface area contributed by atoms with Crippen molar-refractivity contribution in [3.05, 3.63) is 50.5 Å². The van der Waals surface area contributed by atoms with E-state index in [0.717, 1.165) is 0 Å². The lowest BCUT2D eigenvalue weighted by Crippen LogP contribution is -2.14. The minimum atomic E-state index is -0.375. The van der Waals surface area contributed by atoms with E-state index in [9.17, 15) is 9.18 Å². The molecule has 0 aliphatic heterocycles. The van der Waals surface area contributed by atoms with Crippen molar-refractivity contribution in [2.45, 2.75) is 6.92 Å². The van der Waals surface area contributed by atoms with Crippen LogP contribution >= 0.6 is 31.9 Å². The van der Waals surface area contributed by atoms with Crippen LogP contribution in [0.3, 0.4) is 0 Å². The average Bonchev–Trinajstić information content (AvgIpc) is 2.36. The lowest BCUT2D eigenvalue weighted by molar-refractivity contribution is 0.102. The average molecular weight is 389 g/mol. The summed E-state index contributed by atoms with van der Waals surface area (Å²) in [6.45, 7) is 1.60. The molecule has 0 unspecified atom stereocenters. The Hall–Kier alpha value is -1.34. The Morgan fingerprint density at radius 3 is 2.74 bits per heavy atom. The van der Waals surface area contributed by atoms with Crippen LogP contribution in [0.5, 0.6) is 0 Å². The molecule has 4 nitrogen and oxygen atoms in total. The molecule has 19 heavy (non-hydrogen) atoms. The summed E-state index contributed by atoms with van der Waals surface area (Å²) in [5.41, 5.74) is 0.768. The van der Waals surface area contributed by atoms with Gasteiger partial charge in [0.25, 0.3) is 5.91 Å². The minimum absolute atomic E-state index is 0.301. The maximum absolute atomic E-state index is 13.1. The van der Waals surface area contributed by atoms with Gasteiger partial charge in [0.2, 0.25) is 0 Å². The van der Waals surface area contributed by atoms with Gasteiger partial charge in [0.05, 0.1) is 6.20 Å². The Bertz CT molecular complexity index is 649. The molecule has 0 radical (unpaired) electrons. The van der Waals surface area contributed by atoms with E-state index in [1.807, 2.05) is 0 Å². The van der Waals surface area contributed by atoms with E-state index in [4.69, 9.17) is 0 Å². The van der Waals surface area contributed by atoms with Gasteiger partial charge in [-0.3, -0.25) is 4.79 Å². The molecule has 1 N–H and O–H groups in total. The second kappa shape index (κ2) is 5.75. The third-order valence-electron chi connectivity index (χ3n) is 2.35. The molecule has 0 bridgehead atoms. The first kappa shape index (κ1) is 14.1. The number of hydrogen-bond acceptors (Lipinski definition) is 3. The predicted octanol–water partition coefficient (Wildman–Crippen LogP) is 3.70. The molecule has 2 rings (SSSR count). The van der Waals surface area contributed by atoms with Gasteiger partial charge in [0.15, 0.2) is 5.82 Å². The predicted molar refractivity (Wildman–Crippen MR) is 76.5 cm³/mol. The number of nitrogens with one attached hydrogen (secondary N) is 1. The zero-order valence-corrected chi connectivity index (χ0v) is 12.9. The zero-order chi connectivity index (χ0) is 14.0. The first-order valence-electron chi connectivity index (χ1n) is 5.23. The van der Waals surface area contributed by atoms with Crippen molar-refractivity contribution in [1.29, 1.82) is 0 Å². The highest BCUT2D eigenvalue weighted by Crippen LogP contribution is 2.20. The van der Waals surface area contributed by atoms with Crippen LogP contribution in [0.25, 0.3) is 0 Å².